The third-order valence-corrected chi connectivity index (χ3v) is 8.63. The minimum atomic E-state index is -1.67. The molecular weight excluding hydrogens is 670 g/mol. The Morgan fingerprint density at radius 1 is 0.762 bits per heavy atom. The first-order valence-corrected chi connectivity index (χ1v) is 14.3. The van der Waals surface area contributed by atoms with E-state index in [-0.39, 0.29) is 5.76 Å². The number of pyridine rings is 1. The van der Waals surface area contributed by atoms with E-state index in [4.69, 9.17) is 28.1 Å². The second kappa shape index (κ2) is 12.2. The van der Waals surface area contributed by atoms with Crippen molar-refractivity contribution < 1.29 is 32.9 Å². The average Bonchev–Trinajstić information content (AvgIpc) is 3.52. The summed E-state index contributed by atoms with van der Waals surface area (Å²) in [6.45, 7) is 0. The van der Waals surface area contributed by atoms with Crippen LogP contribution in [0.4, 0.5) is 0 Å². The zero-order chi connectivity index (χ0) is 30.0. The summed E-state index contributed by atoms with van der Waals surface area (Å²) in [4.78, 5) is 19.3. The molecule has 0 amide bonds. The Hall–Kier alpha value is -3.86. The van der Waals surface area contributed by atoms with Gasteiger partial charge in [0, 0.05) is 35.4 Å². The summed E-state index contributed by atoms with van der Waals surface area (Å²) in [7, 11) is 7.70. The maximum absolute atomic E-state index is 14.8. The van der Waals surface area contributed by atoms with Crippen LogP contribution in [-0.4, -0.2) is 46.3 Å². The van der Waals surface area contributed by atoms with Gasteiger partial charge >= 0.3 is 0 Å². The van der Waals surface area contributed by atoms with Crippen molar-refractivity contribution >= 4 is 48.5 Å². The van der Waals surface area contributed by atoms with Gasteiger partial charge in [0.25, 0.3) is 0 Å². The lowest BCUT2D eigenvalue weighted by Gasteiger charge is -2.33. The number of ether oxygens (including phenoxy) is 5. The third-order valence-electron chi connectivity index (χ3n) is 7.06. The lowest BCUT2D eigenvalue weighted by atomic mass is 9.79. The van der Waals surface area contributed by atoms with E-state index in [2.05, 4.69) is 36.8 Å². The molecule has 1 atom stereocenters. The summed E-state index contributed by atoms with van der Waals surface area (Å²) in [6, 6.07) is 19.7. The molecule has 1 unspecified atom stereocenters. The second-order valence-corrected chi connectivity index (χ2v) is 10.7. The van der Waals surface area contributed by atoms with Crippen LogP contribution < -0.4 is 18.9 Å². The maximum atomic E-state index is 14.8. The molecule has 0 N–H and O–H groups in total. The molecular formula is C32H27Br2NO7. The number of Topliss-reactive ketones (excluding diaryl/α,β-unsaturated/α-hetero) is 1. The number of fused-ring (bicyclic) bond motifs is 1. The summed E-state index contributed by atoms with van der Waals surface area (Å²) in [5.74, 6) is 2.12. The predicted molar refractivity (Wildman–Crippen MR) is 166 cm³/mol. The van der Waals surface area contributed by atoms with Gasteiger partial charge in [0.05, 0.1) is 34.0 Å². The van der Waals surface area contributed by atoms with Crippen LogP contribution in [0.3, 0.4) is 0 Å². The number of hydrogen-bond donors (Lipinski definition) is 0. The fraction of sp³-hybridized carbons (Fsp3) is 0.188. The molecule has 42 heavy (non-hydrogen) atoms. The van der Waals surface area contributed by atoms with Crippen LogP contribution >= 0.6 is 31.9 Å². The summed E-state index contributed by atoms with van der Waals surface area (Å²) >= 11 is 7.02. The minimum Gasteiger partial charge on any atom is -0.495 e. The van der Waals surface area contributed by atoms with Gasteiger partial charge in [0.1, 0.15) is 37.7 Å². The van der Waals surface area contributed by atoms with E-state index in [1.807, 2.05) is 30.3 Å². The highest BCUT2D eigenvalue weighted by Gasteiger charge is 2.46. The molecule has 0 aliphatic carbocycles. The number of halogens is 2. The molecule has 3 aromatic carbocycles. The van der Waals surface area contributed by atoms with Crippen LogP contribution in [0.15, 0.2) is 86.3 Å². The molecule has 0 fully saturated rings. The maximum Gasteiger partial charge on any atom is 0.238 e. The summed E-state index contributed by atoms with van der Waals surface area (Å²) in [5.41, 5.74) is 0.753. The quantitative estimate of drug-likeness (QED) is 0.137. The number of furan rings is 1. The summed E-state index contributed by atoms with van der Waals surface area (Å²) < 4.78 is 36.0. The standard InChI is InChI=1S/C32H27Br2NO7/c1-37-25-14-18(15-26(38-2)29(25)33)23-11-12-24(42-23)31(36)32(41-5,19-16-27(39-3)30(34)28(17-19)40-4)21-9-6-10-22-20(21)8-7-13-35-22/h6-17H,1-5H3. The molecule has 0 bridgehead atoms. The van der Waals surface area contributed by atoms with Crippen LogP contribution in [0.1, 0.15) is 21.7 Å². The largest absolute Gasteiger partial charge is 0.495 e. The van der Waals surface area contributed by atoms with Crippen molar-refractivity contribution in [1.29, 1.82) is 0 Å². The first-order chi connectivity index (χ1) is 20.3. The van der Waals surface area contributed by atoms with Gasteiger partial charge in [-0.1, -0.05) is 18.2 Å². The molecule has 0 saturated carbocycles. The van der Waals surface area contributed by atoms with Crippen LogP contribution in [0.5, 0.6) is 23.0 Å². The van der Waals surface area contributed by atoms with Gasteiger partial charge in [-0.3, -0.25) is 9.78 Å². The van der Waals surface area contributed by atoms with Crippen LogP contribution in [-0.2, 0) is 10.3 Å². The lowest BCUT2D eigenvalue weighted by Crippen LogP contribution is -2.39. The number of hydrogen-bond acceptors (Lipinski definition) is 8. The Morgan fingerprint density at radius 2 is 1.36 bits per heavy atom. The summed E-state index contributed by atoms with van der Waals surface area (Å²) in [6.07, 6.45) is 1.70. The number of ketones is 1. The number of benzene rings is 3. The number of methoxy groups -OCH3 is 5. The monoisotopic (exact) mass is 695 g/mol. The van der Waals surface area contributed by atoms with Gasteiger partial charge in [0.15, 0.2) is 11.4 Å². The Morgan fingerprint density at radius 3 is 1.93 bits per heavy atom. The normalized spacial score (nSPS) is 12.5. The van der Waals surface area contributed by atoms with E-state index in [0.29, 0.717) is 59.9 Å². The number of rotatable bonds is 10. The molecule has 10 heteroatoms. The Bertz CT molecular complexity index is 1730. The van der Waals surface area contributed by atoms with Crippen molar-refractivity contribution in [2.24, 2.45) is 0 Å². The molecule has 0 saturated heterocycles. The van der Waals surface area contributed by atoms with E-state index >= 15 is 0 Å². The number of carbonyl (C=O) groups excluding carboxylic acids is 1. The third kappa shape index (κ3) is 4.93. The highest BCUT2D eigenvalue weighted by atomic mass is 79.9. The topological polar surface area (TPSA) is 89.3 Å². The summed E-state index contributed by atoms with van der Waals surface area (Å²) in [5, 5.41) is 0.741. The Kier molecular flexibility index (Phi) is 8.58. The molecule has 0 aliphatic heterocycles. The Labute approximate surface area is 259 Å². The van der Waals surface area contributed by atoms with Crippen molar-refractivity contribution in [3.8, 4) is 34.3 Å². The average molecular weight is 697 g/mol. The van der Waals surface area contributed by atoms with Crippen LogP contribution in [0, 0.1) is 0 Å². The second-order valence-electron chi connectivity index (χ2n) is 9.14. The van der Waals surface area contributed by atoms with Crippen molar-refractivity contribution in [2.75, 3.05) is 35.5 Å². The molecule has 8 nitrogen and oxygen atoms in total. The molecule has 0 radical (unpaired) electrons. The van der Waals surface area contributed by atoms with Crippen molar-refractivity contribution in [2.45, 2.75) is 5.60 Å². The molecule has 2 aromatic heterocycles. The van der Waals surface area contributed by atoms with Crippen molar-refractivity contribution in [1.82, 2.24) is 4.98 Å². The Balaban J connectivity index is 1.76. The van der Waals surface area contributed by atoms with E-state index < -0.39 is 11.4 Å². The first kappa shape index (κ1) is 29.6. The molecule has 0 aliphatic rings. The zero-order valence-electron chi connectivity index (χ0n) is 23.5. The van der Waals surface area contributed by atoms with Crippen molar-refractivity contribution in [3.63, 3.8) is 0 Å². The van der Waals surface area contributed by atoms with Gasteiger partial charge in [-0.05, 0) is 80.4 Å². The molecule has 0 spiro atoms. The smallest absolute Gasteiger partial charge is 0.238 e. The molecule has 2 heterocycles. The highest BCUT2D eigenvalue weighted by Crippen LogP contribution is 2.46. The number of carbonyl (C=O) groups is 1. The molecule has 216 valence electrons. The molecule has 5 rings (SSSR count). The number of nitrogens with zero attached hydrogens (tertiary/aromatic N) is 1. The first-order valence-electron chi connectivity index (χ1n) is 12.7. The fourth-order valence-corrected chi connectivity index (χ4v) is 6.12. The van der Waals surface area contributed by atoms with E-state index in [0.717, 1.165) is 5.39 Å². The highest BCUT2D eigenvalue weighted by molar-refractivity contribution is 9.11. The van der Waals surface area contributed by atoms with Crippen molar-refractivity contribution in [3.05, 3.63) is 98.8 Å². The van der Waals surface area contributed by atoms with Crippen LogP contribution in [0.25, 0.3) is 22.2 Å². The van der Waals surface area contributed by atoms with Gasteiger partial charge < -0.3 is 28.1 Å². The van der Waals surface area contributed by atoms with Gasteiger partial charge in [-0.25, -0.2) is 0 Å². The predicted octanol–water partition coefficient (Wildman–Crippen LogP) is 7.83. The fourth-order valence-electron chi connectivity index (χ4n) is 5.01. The number of aromatic nitrogens is 1. The molecule has 5 aromatic rings. The van der Waals surface area contributed by atoms with E-state index in [1.165, 1.54) is 7.11 Å². The minimum absolute atomic E-state index is 0.0782. The van der Waals surface area contributed by atoms with Crippen LogP contribution in [0.2, 0.25) is 0 Å². The zero-order valence-corrected chi connectivity index (χ0v) is 26.7. The van der Waals surface area contributed by atoms with E-state index in [9.17, 15) is 4.79 Å². The van der Waals surface area contributed by atoms with E-state index in [1.54, 1.807) is 71.0 Å². The lowest BCUT2D eigenvalue weighted by molar-refractivity contribution is 0.0206. The SMILES string of the molecule is COc1cc(-c2ccc(C(=O)C(OC)(c3cc(OC)c(Br)c(OC)c3)c3cccc4ncccc34)o2)cc(OC)c1Br. The van der Waals surface area contributed by atoms with Gasteiger partial charge in [0.2, 0.25) is 5.78 Å². The van der Waals surface area contributed by atoms with Gasteiger partial charge in [-0.2, -0.15) is 0 Å². The van der Waals surface area contributed by atoms with Gasteiger partial charge in [-0.15, -0.1) is 0 Å².